The Kier molecular flexibility index (Phi) is 7.16. The van der Waals surface area contributed by atoms with Crippen molar-refractivity contribution in [1.29, 1.82) is 0 Å². The van der Waals surface area contributed by atoms with Gasteiger partial charge in [-0.3, -0.25) is 9.78 Å². The van der Waals surface area contributed by atoms with E-state index in [2.05, 4.69) is 15.5 Å². The maximum atomic E-state index is 14.3. The van der Waals surface area contributed by atoms with E-state index in [0.717, 1.165) is 44.6 Å². The molecule has 0 unspecified atom stereocenters. The average molecular weight is 695 g/mol. The van der Waals surface area contributed by atoms with Crippen molar-refractivity contribution in [2.24, 2.45) is 0 Å². The Morgan fingerprint density at radius 2 is 1.80 bits per heavy atom. The van der Waals surface area contributed by atoms with Crippen LogP contribution in [-0.4, -0.2) is 37.5 Å². The number of aromatic nitrogens is 4. The van der Waals surface area contributed by atoms with E-state index < -0.39 is 17.4 Å². The number of benzene rings is 2. The summed E-state index contributed by atoms with van der Waals surface area (Å²) in [6.07, 6.45) is 3.85. The third-order valence-corrected chi connectivity index (χ3v) is 11.2. The number of nitrogens with zero attached hydrogens (tertiary/aromatic N) is 4. The highest BCUT2D eigenvalue weighted by atomic mass is 32.1. The van der Waals surface area contributed by atoms with E-state index >= 15 is 0 Å². The highest BCUT2D eigenvalue weighted by molar-refractivity contribution is 7.23. The monoisotopic (exact) mass is 694 g/mol. The number of H-pyrrole nitrogens is 1. The summed E-state index contributed by atoms with van der Waals surface area (Å²) < 4.78 is 48.4. The van der Waals surface area contributed by atoms with Crippen LogP contribution in [0, 0.1) is 24.4 Å². The standard InChI is InChI=1S/C37H29F3N6O3S/c1-17-13-20-15-28(50-33(20)34(41-17)43-25-11-7-19-14-23(39)24(40)16-22(19)25)30-29(35-44-45-37(48)49-35)26(10-6-18-4-8-21(38)9-5-18)42-32-27-3-2-12-46(27)36(47)31(30)32/h4-5,8-9,13-16,25,27H,2-3,6-7,10-12H2,1H3,(H,41,43)(H,45,48)/t25-,27-/m0/s1. The van der Waals surface area contributed by atoms with Gasteiger partial charge in [0.15, 0.2) is 11.6 Å². The maximum absolute atomic E-state index is 14.3. The van der Waals surface area contributed by atoms with Crippen LogP contribution < -0.4 is 11.1 Å². The van der Waals surface area contributed by atoms with Crippen LogP contribution in [0.1, 0.15) is 75.5 Å². The minimum atomic E-state index is -0.886. The largest absolute Gasteiger partial charge is 0.434 e. The van der Waals surface area contributed by atoms with Crippen molar-refractivity contribution in [2.75, 3.05) is 11.9 Å². The molecule has 13 heteroatoms. The molecule has 9 nitrogen and oxygen atoms in total. The van der Waals surface area contributed by atoms with Crippen LogP contribution >= 0.6 is 11.3 Å². The van der Waals surface area contributed by atoms with Crippen LogP contribution in [0.25, 0.3) is 32.0 Å². The van der Waals surface area contributed by atoms with Gasteiger partial charge in [0.25, 0.3) is 11.8 Å². The maximum Gasteiger partial charge on any atom is 0.434 e. The second-order valence-electron chi connectivity index (χ2n) is 13.1. The number of carbonyl (C=O) groups is 1. The van der Waals surface area contributed by atoms with Crippen LogP contribution in [0.3, 0.4) is 0 Å². The van der Waals surface area contributed by atoms with Gasteiger partial charge >= 0.3 is 5.76 Å². The van der Waals surface area contributed by atoms with E-state index in [9.17, 15) is 22.8 Å². The summed E-state index contributed by atoms with van der Waals surface area (Å²) in [5.74, 6) is -2.31. The third-order valence-electron chi connectivity index (χ3n) is 10.0. The van der Waals surface area contributed by atoms with E-state index in [-0.39, 0.29) is 29.7 Å². The predicted octanol–water partition coefficient (Wildman–Crippen LogP) is 7.60. The first kappa shape index (κ1) is 30.7. The van der Waals surface area contributed by atoms with Crippen molar-refractivity contribution in [3.8, 4) is 21.9 Å². The predicted molar refractivity (Wildman–Crippen MR) is 182 cm³/mol. The van der Waals surface area contributed by atoms with E-state index in [4.69, 9.17) is 14.4 Å². The molecule has 1 aliphatic carbocycles. The van der Waals surface area contributed by atoms with Crippen LogP contribution in [0.15, 0.2) is 57.7 Å². The van der Waals surface area contributed by atoms with Gasteiger partial charge in [0.1, 0.15) is 11.6 Å². The lowest BCUT2D eigenvalue weighted by Crippen LogP contribution is -2.22. The summed E-state index contributed by atoms with van der Waals surface area (Å²) in [6.45, 7) is 2.51. The number of carbonyl (C=O) groups excluding carboxylic acids is 1. The molecule has 2 aliphatic heterocycles. The molecule has 1 fully saturated rings. The zero-order valence-electron chi connectivity index (χ0n) is 26.8. The minimum absolute atomic E-state index is 0.0243. The molecule has 6 aromatic rings. The van der Waals surface area contributed by atoms with Gasteiger partial charge in [-0.15, -0.1) is 16.4 Å². The van der Waals surface area contributed by atoms with Crippen molar-refractivity contribution < 1.29 is 22.4 Å². The van der Waals surface area contributed by atoms with Crippen molar-refractivity contribution in [1.82, 2.24) is 25.1 Å². The van der Waals surface area contributed by atoms with Gasteiger partial charge in [0.2, 0.25) is 0 Å². The normalized spacial score (nSPS) is 17.8. The van der Waals surface area contributed by atoms with Crippen LogP contribution in [0.2, 0.25) is 0 Å². The van der Waals surface area contributed by atoms with Gasteiger partial charge in [-0.25, -0.2) is 28.0 Å². The first-order chi connectivity index (χ1) is 24.2. The Bertz CT molecular complexity index is 2420. The Hall–Kier alpha value is -5.30. The van der Waals surface area contributed by atoms with Crippen molar-refractivity contribution in [3.05, 3.63) is 116 Å². The fourth-order valence-corrected chi connectivity index (χ4v) is 8.92. The summed E-state index contributed by atoms with van der Waals surface area (Å²) >= 11 is 1.44. The zero-order chi connectivity index (χ0) is 34.3. The Balaban J connectivity index is 1.22. The number of hydrogen-bond donors (Lipinski definition) is 2. The molecule has 4 aromatic heterocycles. The van der Waals surface area contributed by atoms with E-state index in [1.54, 1.807) is 12.1 Å². The van der Waals surface area contributed by atoms with Gasteiger partial charge < -0.3 is 14.6 Å². The first-order valence-corrected chi connectivity index (χ1v) is 17.4. The van der Waals surface area contributed by atoms with E-state index in [1.165, 1.54) is 35.6 Å². The molecule has 9 rings (SSSR count). The number of pyridine rings is 2. The smallest absolute Gasteiger partial charge is 0.388 e. The number of halogens is 3. The Morgan fingerprint density at radius 1 is 0.980 bits per heavy atom. The van der Waals surface area contributed by atoms with E-state index in [0.29, 0.717) is 71.7 Å². The van der Waals surface area contributed by atoms with Crippen molar-refractivity contribution in [3.63, 3.8) is 0 Å². The number of amides is 1. The molecular weight excluding hydrogens is 666 g/mol. The Morgan fingerprint density at radius 3 is 2.60 bits per heavy atom. The van der Waals surface area contributed by atoms with Crippen LogP contribution in [0.5, 0.6) is 0 Å². The molecule has 0 spiro atoms. The highest BCUT2D eigenvalue weighted by Gasteiger charge is 2.45. The lowest BCUT2D eigenvalue weighted by atomic mass is 9.93. The second-order valence-corrected chi connectivity index (χ2v) is 14.2. The molecule has 2 N–H and O–H groups in total. The summed E-state index contributed by atoms with van der Waals surface area (Å²) in [5, 5.41) is 11.0. The van der Waals surface area contributed by atoms with Crippen LogP contribution in [-0.2, 0) is 19.3 Å². The first-order valence-electron chi connectivity index (χ1n) is 16.6. The van der Waals surface area contributed by atoms with Gasteiger partial charge in [-0.2, -0.15) is 0 Å². The molecule has 50 heavy (non-hydrogen) atoms. The number of hydrogen-bond acceptors (Lipinski definition) is 8. The number of nitrogens with one attached hydrogen (secondary N) is 2. The molecule has 6 heterocycles. The average Bonchev–Trinajstić information content (AvgIpc) is 3.93. The lowest BCUT2D eigenvalue weighted by Gasteiger charge is -2.16. The molecule has 2 aromatic carbocycles. The molecule has 0 radical (unpaired) electrons. The van der Waals surface area contributed by atoms with E-state index in [1.807, 2.05) is 24.0 Å². The molecule has 1 saturated heterocycles. The molecule has 252 valence electrons. The number of rotatable bonds is 7. The summed E-state index contributed by atoms with van der Waals surface area (Å²) in [5.41, 5.74) is 5.94. The lowest BCUT2D eigenvalue weighted by molar-refractivity contribution is 0.0776. The summed E-state index contributed by atoms with van der Waals surface area (Å²) in [6, 6.07) is 12.3. The molecule has 0 saturated carbocycles. The van der Waals surface area contributed by atoms with Crippen LogP contribution in [0.4, 0.5) is 19.0 Å². The number of aromatic amines is 1. The molecule has 3 aliphatic rings. The minimum Gasteiger partial charge on any atom is -0.388 e. The number of fused-ring (bicyclic) bond motifs is 5. The molecular formula is C37H29F3N6O3S. The fraction of sp³-hybridized carbons (Fsp3) is 0.270. The zero-order valence-corrected chi connectivity index (χ0v) is 27.6. The Labute approximate surface area is 287 Å². The van der Waals surface area contributed by atoms with Gasteiger partial charge in [-0.1, -0.05) is 12.1 Å². The van der Waals surface area contributed by atoms with Gasteiger partial charge in [0, 0.05) is 22.7 Å². The number of aryl methyl sites for hydroxylation is 4. The molecule has 2 atom stereocenters. The highest BCUT2D eigenvalue weighted by Crippen LogP contribution is 2.50. The SMILES string of the molecule is Cc1cc2cc(-c3c4c(nc(CCc5ccc(F)cc5)c3-c3n[nH]c(=O)o3)[C@@H]3CCCN3C4=O)sc2c(N[C@H]2CCc3cc(F)c(F)cc32)n1. The summed E-state index contributed by atoms with van der Waals surface area (Å²) in [7, 11) is 0. The summed E-state index contributed by atoms with van der Waals surface area (Å²) in [4.78, 5) is 39.0. The molecule has 1 amide bonds. The fourth-order valence-electron chi connectivity index (χ4n) is 7.78. The van der Waals surface area contributed by atoms with Crippen molar-refractivity contribution >= 4 is 33.1 Å². The topological polar surface area (TPSA) is 117 Å². The van der Waals surface area contributed by atoms with Gasteiger partial charge in [0.05, 0.1) is 39.3 Å². The quantitative estimate of drug-likeness (QED) is 0.177. The third kappa shape index (κ3) is 5.01. The van der Waals surface area contributed by atoms with Crippen molar-refractivity contribution in [2.45, 2.75) is 57.5 Å². The van der Waals surface area contributed by atoms with Gasteiger partial charge in [-0.05, 0) is 104 Å². The molecule has 0 bridgehead atoms. The number of thiophene rings is 1. The number of anilines is 1. The second kappa shape index (κ2) is 11.7.